The van der Waals surface area contributed by atoms with Crippen molar-refractivity contribution in [3.8, 4) is 0 Å². The minimum atomic E-state index is 0.620. The van der Waals surface area contributed by atoms with Gasteiger partial charge >= 0.3 is 0 Å². The van der Waals surface area contributed by atoms with Gasteiger partial charge in [0.1, 0.15) is 0 Å². The highest BCUT2D eigenvalue weighted by Crippen LogP contribution is 2.26. The quantitative estimate of drug-likeness (QED) is 0.437. The molecule has 0 aliphatic carbocycles. The first kappa shape index (κ1) is 5.10. The van der Waals surface area contributed by atoms with Gasteiger partial charge in [-0.15, -0.1) is 0 Å². The van der Waals surface area contributed by atoms with E-state index in [0.29, 0.717) is 5.41 Å². The van der Waals surface area contributed by atoms with Crippen molar-refractivity contribution < 1.29 is 0 Å². The second-order valence-corrected chi connectivity index (χ2v) is 3.34. The van der Waals surface area contributed by atoms with Gasteiger partial charge in [-0.3, -0.25) is 0 Å². The van der Waals surface area contributed by atoms with Crippen LogP contribution in [0.4, 0.5) is 0 Å². The van der Waals surface area contributed by atoms with Gasteiger partial charge in [-0.1, -0.05) is 13.8 Å². The number of hydrogen-bond donors (Lipinski definition) is 0. The third-order valence-electron chi connectivity index (χ3n) is 1.40. The lowest BCUT2D eigenvalue weighted by atomic mass is 9.85. The molecule has 0 unspecified atom stereocenters. The predicted octanol–water partition coefficient (Wildman–Crippen LogP) is 0.958. The van der Waals surface area contributed by atoms with E-state index in [1.165, 1.54) is 13.1 Å². The summed E-state index contributed by atoms with van der Waals surface area (Å²) in [6.45, 7) is 7.14. The predicted molar refractivity (Wildman–Crippen MR) is 31.3 cm³/mol. The summed E-state index contributed by atoms with van der Waals surface area (Å²) in [7, 11) is 2.16. The SMILES string of the molecule is CN1CC(C)(C)C1. The van der Waals surface area contributed by atoms with Crippen LogP contribution in [0.3, 0.4) is 0 Å². The van der Waals surface area contributed by atoms with E-state index in [-0.39, 0.29) is 0 Å². The van der Waals surface area contributed by atoms with E-state index in [9.17, 15) is 0 Å². The maximum Gasteiger partial charge on any atom is 0.00421 e. The van der Waals surface area contributed by atoms with Crippen molar-refractivity contribution in [2.24, 2.45) is 5.41 Å². The molecule has 1 aliphatic heterocycles. The van der Waals surface area contributed by atoms with Gasteiger partial charge in [-0.05, 0) is 12.5 Å². The summed E-state index contributed by atoms with van der Waals surface area (Å²) < 4.78 is 0. The van der Waals surface area contributed by atoms with Gasteiger partial charge in [-0.25, -0.2) is 0 Å². The summed E-state index contributed by atoms with van der Waals surface area (Å²) in [6, 6.07) is 0. The molecule has 0 spiro atoms. The third-order valence-corrected chi connectivity index (χ3v) is 1.40. The van der Waals surface area contributed by atoms with Crippen LogP contribution in [0, 0.1) is 5.41 Å². The Balaban J connectivity index is 2.29. The average molecular weight is 99.2 g/mol. The summed E-state index contributed by atoms with van der Waals surface area (Å²) in [6.07, 6.45) is 0. The molecule has 0 N–H and O–H groups in total. The number of rotatable bonds is 0. The van der Waals surface area contributed by atoms with Gasteiger partial charge in [0.25, 0.3) is 0 Å². The molecule has 0 aromatic rings. The lowest BCUT2D eigenvalue weighted by Crippen LogP contribution is -2.50. The summed E-state index contributed by atoms with van der Waals surface area (Å²) in [4.78, 5) is 2.33. The second-order valence-electron chi connectivity index (χ2n) is 3.34. The van der Waals surface area contributed by atoms with E-state index >= 15 is 0 Å². The Hall–Kier alpha value is -0.0400. The van der Waals surface area contributed by atoms with Crippen molar-refractivity contribution in [1.29, 1.82) is 0 Å². The first-order valence-corrected chi connectivity index (χ1v) is 2.79. The van der Waals surface area contributed by atoms with Gasteiger partial charge in [-0.2, -0.15) is 0 Å². The monoisotopic (exact) mass is 99.1 g/mol. The van der Waals surface area contributed by atoms with E-state index in [1.54, 1.807) is 0 Å². The minimum absolute atomic E-state index is 0.620. The summed E-state index contributed by atoms with van der Waals surface area (Å²) in [5.41, 5.74) is 0.620. The Labute approximate surface area is 45.3 Å². The molecule has 0 amide bonds. The van der Waals surface area contributed by atoms with Crippen molar-refractivity contribution in [2.45, 2.75) is 13.8 Å². The third kappa shape index (κ3) is 0.942. The zero-order valence-electron chi connectivity index (χ0n) is 5.36. The van der Waals surface area contributed by atoms with Gasteiger partial charge < -0.3 is 4.90 Å². The fraction of sp³-hybridized carbons (Fsp3) is 1.00. The highest BCUT2D eigenvalue weighted by molar-refractivity contribution is 4.84. The van der Waals surface area contributed by atoms with E-state index in [4.69, 9.17) is 0 Å². The van der Waals surface area contributed by atoms with Crippen molar-refractivity contribution in [2.75, 3.05) is 20.1 Å². The maximum absolute atomic E-state index is 2.33. The summed E-state index contributed by atoms with van der Waals surface area (Å²) >= 11 is 0. The van der Waals surface area contributed by atoms with Crippen molar-refractivity contribution in [1.82, 2.24) is 4.90 Å². The lowest BCUT2D eigenvalue weighted by Gasteiger charge is -2.43. The Morgan fingerprint density at radius 2 is 1.71 bits per heavy atom. The van der Waals surface area contributed by atoms with Crippen LogP contribution >= 0.6 is 0 Å². The van der Waals surface area contributed by atoms with Crippen LogP contribution in [0.2, 0.25) is 0 Å². The zero-order valence-corrected chi connectivity index (χ0v) is 5.36. The van der Waals surface area contributed by atoms with E-state index in [1.807, 2.05) is 0 Å². The number of likely N-dealkylation sites (tertiary alicyclic amines) is 1. The molecule has 1 heteroatoms. The van der Waals surface area contributed by atoms with Crippen LogP contribution in [0.5, 0.6) is 0 Å². The second kappa shape index (κ2) is 1.22. The Morgan fingerprint density at radius 1 is 1.29 bits per heavy atom. The van der Waals surface area contributed by atoms with Crippen LogP contribution < -0.4 is 0 Å². The molecule has 1 aliphatic rings. The van der Waals surface area contributed by atoms with Crippen LogP contribution in [0.25, 0.3) is 0 Å². The molecule has 0 radical (unpaired) electrons. The number of nitrogens with zero attached hydrogens (tertiary/aromatic N) is 1. The van der Waals surface area contributed by atoms with Gasteiger partial charge in [0.2, 0.25) is 0 Å². The number of hydrogen-bond acceptors (Lipinski definition) is 1. The topological polar surface area (TPSA) is 3.24 Å². The molecular formula is C6H13N. The highest BCUT2D eigenvalue weighted by Gasteiger charge is 2.30. The van der Waals surface area contributed by atoms with Gasteiger partial charge in [0.05, 0.1) is 0 Å². The molecule has 0 saturated carbocycles. The van der Waals surface area contributed by atoms with E-state index < -0.39 is 0 Å². The van der Waals surface area contributed by atoms with Crippen LogP contribution in [0.15, 0.2) is 0 Å². The fourth-order valence-electron chi connectivity index (χ4n) is 1.42. The first-order chi connectivity index (χ1) is 3.10. The van der Waals surface area contributed by atoms with E-state index in [0.717, 1.165) is 0 Å². The maximum atomic E-state index is 2.33. The van der Waals surface area contributed by atoms with Crippen LogP contribution in [-0.2, 0) is 0 Å². The lowest BCUT2D eigenvalue weighted by molar-refractivity contribution is 0.0570. The molecule has 0 atom stereocenters. The average Bonchev–Trinajstić information content (AvgIpc) is 1.27. The Kier molecular flexibility index (Phi) is 0.890. The largest absolute Gasteiger partial charge is 0.305 e. The summed E-state index contributed by atoms with van der Waals surface area (Å²) in [5, 5.41) is 0. The minimum Gasteiger partial charge on any atom is -0.305 e. The molecule has 0 bridgehead atoms. The van der Waals surface area contributed by atoms with Crippen molar-refractivity contribution in [3.63, 3.8) is 0 Å². The molecule has 0 aromatic heterocycles. The molecular weight excluding hydrogens is 86.1 g/mol. The molecule has 1 rings (SSSR count). The van der Waals surface area contributed by atoms with Crippen LogP contribution in [-0.4, -0.2) is 25.0 Å². The smallest absolute Gasteiger partial charge is 0.00421 e. The van der Waals surface area contributed by atoms with Gasteiger partial charge in [0.15, 0.2) is 0 Å². The van der Waals surface area contributed by atoms with Crippen LogP contribution in [0.1, 0.15) is 13.8 Å². The standard InChI is InChI=1S/C6H13N/c1-6(2)4-7(3)5-6/h4-5H2,1-3H3. The van der Waals surface area contributed by atoms with Gasteiger partial charge in [0, 0.05) is 13.1 Å². The molecule has 0 aromatic carbocycles. The Morgan fingerprint density at radius 3 is 1.71 bits per heavy atom. The summed E-state index contributed by atoms with van der Waals surface area (Å²) in [5.74, 6) is 0. The highest BCUT2D eigenvalue weighted by atomic mass is 15.2. The van der Waals surface area contributed by atoms with Crippen molar-refractivity contribution in [3.05, 3.63) is 0 Å². The van der Waals surface area contributed by atoms with Crippen molar-refractivity contribution >= 4 is 0 Å². The molecule has 1 saturated heterocycles. The molecule has 1 heterocycles. The molecule has 1 nitrogen and oxygen atoms in total. The molecule has 7 heavy (non-hydrogen) atoms. The molecule has 42 valence electrons. The first-order valence-electron chi connectivity index (χ1n) is 2.79. The Bertz CT molecular complexity index is 68.2. The fourth-order valence-corrected chi connectivity index (χ4v) is 1.42. The molecule has 1 fully saturated rings. The normalized spacial score (nSPS) is 29.6. The zero-order chi connectivity index (χ0) is 5.49. The van der Waals surface area contributed by atoms with E-state index in [2.05, 4.69) is 25.8 Å².